The zero-order valence-electron chi connectivity index (χ0n) is 9.48. The van der Waals surface area contributed by atoms with E-state index >= 15 is 0 Å². The molecule has 16 heavy (non-hydrogen) atoms. The maximum Gasteiger partial charge on any atom is 0.124 e. The molecule has 0 atom stereocenters. The zero-order chi connectivity index (χ0) is 11.0. The fraction of sp³-hybridized carbons (Fsp3) is 0.500. The third-order valence-electron chi connectivity index (χ3n) is 3.01. The van der Waals surface area contributed by atoms with E-state index in [1.54, 1.807) is 0 Å². The first-order valence-corrected chi connectivity index (χ1v) is 5.91. The van der Waals surface area contributed by atoms with Gasteiger partial charge in [0.15, 0.2) is 0 Å². The fourth-order valence-electron chi connectivity index (χ4n) is 2.10. The van der Waals surface area contributed by atoms with Gasteiger partial charge in [-0.25, -0.2) is 4.98 Å². The van der Waals surface area contributed by atoms with Gasteiger partial charge in [-0.2, -0.15) is 0 Å². The van der Waals surface area contributed by atoms with Crippen LogP contribution in [0.1, 0.15) is 31.6 Å². The van der Waals surface area contributed by atoms with Crippen LogP contribution < -0.4 is 5.32 Å². The van der Waals surface area contributed by atoms with Crippen molar-refractivity contribution in [2.45, 2.75) is 32.4 Å². The van der Waals surface area contributed by atoms with Crippen LogP contribution in [0, 0.1) is 0 Å². The lowest BCUT2D eigenvalue weighted by Crippen LogP contribution is -2.16. The number of nitrogens with one attached hydrogen (secondary N) is 1. The van der Waals surface area contributed by atoms with Gasteiger partial charge in [0.1, 0.15) is 11.3 Å². The summed E-state index contributed by atoms with van der Waals surface area (Å²) < 4.78 is 2.37. The molecule has 0 saturated heterocycles. The Hall–Kier alpha value is -1.42. The lowest BCUT2D eigenvalue weighted by atomic mass is 10.4. The predicted molar refractivity (Wildman–Crippen MR) is 63.2 cm³/mol. The summed E-state index contributed by atoms with van der Waals surface area (Å²) in [5.74, 6) is 1.15. The van der Waals surface area contributed by atoms with Crippen molar-refractivity contribution in [3.05, 3.63) is 24.3 Å². The molecule has 2 aromatic rings. The highest BCUT2D eigenvalue weighted by Gasteiger charge is 2.27. The number of hydrogen-bond donors (Lipinski definition) is 1. The summed E-state index contributed by atoms with van der Waals surface area (Å²) in [4.78, 5) is 8.78. The van der Waals surface area contributed by atoms with Crippen LogP contribution in [-0.2, 0) is 6.54 Å². The third kappa shape index (κ3) is 1.59. The zero-order valence-corrected chi connectivity index (χ0v) is 9.48. The molecule has 3 rings (SSSR count). The number of hydrogen-bond acceptors (Lipinski definition) is 3. The molecule has 4 heteroatoms. The van der Waals surface area contributed by atoms with Crippen LogP contribution in [0.25, 0.3) is 11.0 Å². The summed E-state index contributed by atoms with van der Waals surface area (Å²) in [6.07, 6.45) is 6.27. The van der Waals surface area contributed by atoms with Gasteiger partial charge in [-0.15, -0.1) is 0 Å². The van der Waals surface area contributed by atoms with Crippen molar-refractivity contribution in [2.24, 2.45) is 0 Å². The minimum Gasteiger partial charge on any atom is -0.324 e. The molecular weight excluding hydrogens is 200 g/mol. The summed E-state index contributed by atoms with van der Waals surface area (Å²) in [5.41, 5.74) is 2.24. The average Bonchev–Trinajstić information content (AvgIpc) is 3.07. The van der Waals surface area contributed by atoms with Gasteiger partial charge in [0.05, 0.1) is 18.3 Å². The maximum atomic E-state index is 4.65. The van der Waals surface area contributed by atoms with Gasteiger partial charge < -0.3 is 9.88 Å². The van der Waals surface area contributed by atoms with Crippen molar-refractivity contribution in [3.63, 3.8) is 0 Å². The second kappa shape index (κ2) is 3.87. The molecule has 0 aromatic carbocycles. The Bertz CT molecular complexity index is 499. The van der Waals surface area contributed by atoms with Gasteiger partial charge in [-0.3, -0.25) is 4.98 Å². The molecule has 1 fully saturated rings. The van der Waals surface area contributed by atoms with E-state index in [9.17, 15) is 0 Å². The van der Waals surface area contributed by atoms with E-state index in [4.69, 9.17) is 0 Å². The van der Waals surface area contributed by atoms with Crippen LogP contribution in [0.2, 0.25) is 0 Å². The first-order valence-electron chi connectivity index (χ1n) is 5.91. The molecule has 0 amide bonds. The van der Waals surface area contributed by atoms with E-state index < -0.39 is 0 Å². The number of imidazole rings is 1. The summed E-state index contributed by atoms with van der Waals surface area (Å²) in [6.45, 7) is 3.94. The Morgan fingerprint density at radius 1 is 1.50 bits per heavy atom. The van der Waals surface area contributed by atoms with E-state index in [1.807, 2.05) is 12.4 Å². The van der Waals surface area contributed by atoms with Crippen LogP contribution >= 0.6 is 0 Å². The molecule has 2 aromatic heterocycles. The highest BCUT2D eigenvalue weighted by molar-refractivity contribution is 5.75. The van der Waals surface area contributed by atoms with Crippen LogP contribution in [0.15, 0.2) is 18.5 Å². The number of rotatable bonds is 4. The van der Waals surface area contributed by atoms with Crippen molar-refractivity contribution < 1.29 is 0 Å². The number of fused-ring (bicyclic) bond motifs is 1. The Morgan fingerprint density at radius 2 is 2.38 bits per heavy atom. The summed E-state index contributed by atoms with van der Waals surface area (Å²) in [7, 11) is 0. The van der Waals surface area contributed by atoms with Crippen LogP contribution in [0.4, 0.5) is 0 Å². The van der Waals surface area contributed by atoms with Gasteiger partial charge in [0.25, 0.3) is 0 Å². The van der Waals surface area contributed by atoms with E-state index in [0.29, 0.717) is 6.04 Å². The highest BCUT2D eigenvalue weighted by Crippen LogP contribution is 2.38. The molecule has 0 bridgehead atoms. The molecule has 1 N–H and O–H groups in total. The number of pyridine rings is 1. The van der Waals surface area contributed by atoms with E-state index in [2.05, 4.69) is 32.8 Å². The molecule has 0 radical (unpaired) electrons. The monoisotopic (exact) mass is 216 g/mol. The van der Waals surface area contributed by atoms with Crippen molar-refractivity contribution in [1.29, 1.82) is 0 Å². The third-order valence-corrected chi connectivity index (χ3v) is 3.01. The molecule has 0 spiro atoms. The summed E-state index contributed by atoms with van der Waals surface area (Å²) in [5, 5.41) is 3.34. The second-order valence-electron chi connectivity index (χ2n) is 4.27. The number of nitrogens with zero attached hydrogens (tertiary/aromatic N) is 3. The molecule has 2 heterocycles. The van der Waals surface area contributed by atoms with Gasteiger partial charge in [0, 0.05) is 12.2 Å². The average molecular weight is 216 g/mol. The van der Waals surface area contributed by atoms with Crippen molar-refractivity contribution in [3.8, 4) is 0 Å². The van der Waals surface area contributed by atoms with E-state index in [1.165, 1.54) is 18.4 Å². The van der Waals surface area contributed by atoms with Gasteiger partial charge >= 0.3 is 0 Å². The van der Waals surface area contributed by atoms with Crippen molar-refractivity contribution in [2.75, 3.05) is 6.54 Å². The molecule has 0 aliphatic heterocycles. The van der Waals surface area contributed by atoms with Crippen LogP contribution in [0.5, 0.6) is 0 Å². The topological polar surface area (TPSA) is 42.7 Å². The minimum absolute atomic E-state index is 0.668. The van der Waals surface area contributed by atoms with E-state index in [0.717, 1.165) is 24.4 Å². The molecular formula is C12H16N4. The Balaban J connectivity index is 2.07. The maximum absolute atomic E-state index is 4.65. The molecule has 1 aliphatic rings. The lowest BCUT2D eigenvalue weighted by molar-refractivity contribution is 0.630. The Labute approximate surface area is 94.7 Å². The molecule has 0 unspecified atom stereocenters. The quantitative estimate of drug-likeness (QED) is 0.848. The van der Waals surface area contributed by atoms with Gasteiger partial charge in [0.2, 0.25) is 0 Å². The molecule has 4 nitrogen and oxygen atoms in total. The number of aromatic nitrogens is 3. The summed E-state index contributed by atoms with van der Waals surface area (Å²) >= 11 is 0. The lowest BCUT2D eigenvalue weighted by Gasteiger charge is -2.07. The van der Waals surface area contributed by atoms with Crippen LogP contribution in [-0.4, -0.2) is 21.1 Å². The summed E-state index contributed by atoms with van der Waals surface area (Å²) in [6, 6.07) is 2.73. The van der Waals surface area contributed by atoms with E-state index in [-0.39, 0.29) is 0 Å². The van der Waals surface area contributed by atoms with Gasteiger partial charge in [-0.1, -0.05) is 6.92 Å². The van der Waals surface area contributed by atoms with Gasteiger partial charge in [-0.05, 0) is 25.5 Å². The Morgan fingerprint density at radius 3 is 3.12 bits per heavy atom. The second-order valence-corrected chi connectivity index (χ2v) is 4.27. The minimum atomic E-state index is 0.668. The molecule has 84 valence electrons. The van der Waals surface area contributed by atoms with Crippen molar-refractivity contribution >= 4 is 11.0 Å². The normalized spacial score (nSPS) is 15.8. The smallest absolute Gasteiger partial charge is 0.124 e. The molecule has 1 aliphatic carbocycles. The standard InChI is InChI=1S/C12H16N4/c1-2-13-8-12-15-10-7-14-6-5-11(10)16(12)9-3-4-9/h5-7,9,13H,2-4,8H2,1H3. The fourth-order valence-corrected chi connectivity index (χ4v) is 2.10. The Kier molecular flexibility index (Phi) is 2.36. The first kappa shape index (κ1) is 9.78. The first-order chi connectivity index (χ1) is 7.90. The largest absolute Gasteiger partial charge is 0.324 e. The van der Waals surface area contributed by atoms with Crippen LogP contribution in [0.3, 0.4) is 0 Å². The molecule has 1 saturated carbocycles. The van der Waals surface area contributed by atoms with Crippen molar-refractivity contribution in [1.82, 2.24) is 19.9 Å². The SMILES string of the molecule is CCNCc1nc2cnccc2n1C1CC1. The highest BCUT2D eigenvalue weighted by atomic mass is 15.2. The predicted octanol–water partition coefficient (Wildman–Crippen LogP) is 1.88.